The molecule has 0 saturated heterocycles. The Balaban J connectivity index is 2.73. The van der Waals surface area contributed by atoms with Crippen LogP contribution in [0, 0.1) is 11.8 Å². The Morgan fingerprint density at radius 3 is 2.47 bits per heavy atom. The van der Waals surface area contributed by atoms with Crippen LogP contribution in [-0.2, 0) is 4.79 Å². The second kappa shape index (κ2) is 5.82. The van der Waals surface area contributed by atoms with Crippen LogP contribution in [0.15, 0.2) is 12.2 Å². The molecule has 0 aromatic rings. The van der Waals surface area contributed by atoms with Gasteiger partial charge >= 0.3 is 0 Å². The van der Waals surface area contributed by atoms with Gasteiger partial charge in [0.1, 0.15) is 0 Å². The second-order valence-electron chi connectivity index (χ2n) is 5.94. The van der Waals surface area contributed by atoms with Gasteiger partial charge in [-0.3, -0.25) is 4.79 Å². The van der Waals surface area contributed by atoms with E-state index in [1.165, 1.54) is 0 Å². The molecule has 17 heavy (non-hydrogen) atoms. The molecule has 1 aliphatic rings. The van der Waals surface area contributed by atoms with Crippen molar-refractivity contribution in [3.8, 4) is 0 Å². The first-order valence-electron chi connectivity index (χ1n) is 6.46. The number of allylic oxidation sites excluding steroid dienone is 1. The van der Waals surface area contributed by atoms with Crippen LogP contribution in [0.4, 0.5) is 0 Å². The molecular weight excluding hydrogens is 230 g/mol. The minimum absolute atomic E-state index is 0.114. The number of hydrogen-bond donors (Lipinski definition) is 2. The van der Waals surface area contributed by atoms with Crippen molar-refractivity contribution in [3.05, 3.63) is 12.2 Å². The van der Waals surface area contributed by atoms with Gasteiger partial charge in [-0.15, -0.1) is 0 Å². The van der Waals surface area contributed by atoms with E-state index in [1.807, 2.05) is 6.92 Å². The van der Waals surface area contributed by atoms with Crippen LogP contribution in [0.3, 0.4) is 0 Å². The number of hydrogen-bond acceptors (Lipinski definition) is 2. The molecule has 1 rings (SSSR count). The van der Waals surface area contributed by atoms with Gasteiger partial charge in [-0.1, -0.05) is 31.8 Å². The summed E-state index contributed by atoms with van der Waals surface area (Å²) in [5.41, 5.74) is 0.502. The molecule has 98 valence electrons. The molecule has 2 N–H and O–H groups in total. The second-order valence-corrected chi connectivity index (χ2v) is 11.3. The third-order valence-electron chi connectivity index (χ3n) is 3.58. The summed E-state index contributed by atoms with van der Waals surface area (Å²) >= 11 is 0. The van der Waals surface area contributed by atoms with Gasteiger partial charge < -0.3 is 10.4 Å². The number of carbonyl (C=O) groups excluding carboxylic acids is 1. The third kappa shape index (κ3) is 3.68. The molecule has 0 fully saturated rings. The summed E-state index contributed by atoms with van der Waals surface area (Å²) in [4.78, 5) is 11.7. The Kier molecular flexibility index (Phi) is 4.95. The van der Waals surface area contributed by atoms with Crippen LogP contribution >= 0.6 is 0 Å². The van der Waals surface area contributed by atoms with E-state index in [0.717, 1.165) is 0 Å². The van der Waals surface area contributed by atoms with Crippen LogP contribution in [-0.4, -0.2) is 32.2 Å². The summed E-state index contributed by atoms with van der Waals surface area (Å²) in [5, 5.41) is 12.3. The number of rotatable bonds is 5. The standard InChI is InChI=1S/C13H25NO2Si/c1-5-14-13(16)8-11-10(9-15)6-7-12(11)17(2,3)4/h6-7,10-12,15H,5,8-9H2,1-4H3,(H,14,16)/t10-,11+,12+/m1/s1. The smallest absolute Gasteiger partial charge is 0.220 e. The highest BCUT2D eigenvalue weighted by atomic mass is 28.3. The highest BCUT2D eigenvalue weighted by Crippen LogP contribution is 2.43. The van der Waals surface area contributed by atoms with Crippen molar-refractivity contribution in [2.45, 2.75) is 38.5 Å². The zero-order valence-electron chi connectivity index (χ0n) is 11.4. The van der Waals surface area contributed by atoms with E-state index in [0.29, 0.717) is 24.4 Å². The van der Waals surface area contributed by atoms with E-state index >= 15 is 0 Å². The van der Waals surface area contributed by atoms with E-state index in [9.17, 15) is 9.90 Å². The lowest BCUT2D eigenvalue weighted by atomic mass is 9.92. The Hall–Kier alpha value is -0.613. The Morgan fingerprint density at radius 2 is 2.00 bits per heavy atom. The topological polar surface area (TPSA) is 49.3 Å². The summed E-state index contributed by atoms with van der Waals surface area (Å²) in [7, 11) is -1.31. The maximum Gasteiger partial charge on any atom is 0.220 e. The molecule has 0 bridgehead atoms. The van der Waals surface area contributed by atoms with Gasteiger partial charge in [-0.05, 0) is 18.4 Å². The van der Waals surface area contributed by atoms with E-state index < -0.39 is 8.07 Å². The summed E-state index contributed by atoms with van der Waals surface area (Å²) < 4.78 is 0. The first-order chi connectivity index (χ1) is 7.90. The molecule has 1 aliphatic carbocycles. The molecule has 3 atom stereocenters. The van der Waals surface area contributed by atoms with Crippen LogP contribution in [0.25, 0.3) is 0 Å². The minimum atomic E-state index is -1.31. The van der Waals surface area contributed by atoms with Gasteiger partial charge in [0.05, 0.1) is 8.07 Å². The number of aliphatic hydroxyl groups is 1. The largest absolute Gasteiger partial charge is 0.396 e. The fraction of sp³-hybridized carbons (Fsp3) is 0.769. The van der Waals surface area contributed by atoms with Gasteiger partial charge in [0, 0.05) is 25.5 Å². The zero-order valence-corrected chi connectivity index (χ0v) is 12.4. The van der Waals surface area contributed by atoms with Crippen LogP contribution < -0.4 is 5.32 Å². The molecule has 1 amide bonds. The van der Waals surface area contributed by atoms with Crippen LogP contribution in [0.2, 0.25) is 25.2 Å². The third-order valence-corrected chi connectivity index (χ3v) is 6.20. The predicted molar refractivity (Wildman–Crippen MR) is 73.6 cm³/mol. The first kappa shape index (κ1) is 14.4. The van der Waals surface area contributed by atoms with Crippen molar-refractivity contribution in [2.75, 3.05) is 13.2 Å². The van der Waals surface area contributed by atoms with Gasteiger partial charge in [-0.25, -0.2) is 0 Å². The maximum atomic E-state index is 11.7. The van der Waals surface area contributed by atoms with Crippen molar-refractivity contribution < 1.29 is 9.90 Å². The fourth-order valence-electron chi connectivity index (χ4n) is 2.70. The van der Waals surface area contributed by atoms with Crippen molar-refractivity contribution in [3.63, 3.8) is 0 Å². The molecule has 3 nitrogen and oxygen atoms in total. The summed E-state index contributed by atoms with van der Waals surface area (Å²) in [6.45, 7) is 9.75. The summed E-state index contributed by atoms with van der Waals surface area (Å²) in [6.07, 6.45) is 4.88. The zero-order chi connectivity index (χ0) is 13.1. The van der Waals surface area contributed by atoms with Crippen molar-refractivity contribution >= 4 is 14.0 Å². The molecule has 0 radical (unpaired) electrons. The molecule has 0 spiro atoms. The van der Waals surface area contributed by atoms with Gasteiger partial charge in [0.2, 0.25) is 5.91 Å². The summed E-state index contributed by atoms with van der Waals surface area (Å²) in [5.74, 6) is 0.565. The Bertz CT molecular complexity index is 296. The predicted octanol–water partition coefficient (Wildman–Crippen LogP) is 2.02. The molecule has 0 aromatic heterocycles. The average molecular weight is 255 g/mol. The lowest BCUT2D eigenvalue weighted by Gasteiger charge is -2.32. The van der Waals surface area contributed by atoms with Gasteiger partial charge in [0.25, 0.3) is 0 Å². The molecule has 0 heterocycles. The highest BCUT2D eigenvalue weighted by Gasteiger charge is 2.39. The van der Waals surface area contributed by atoms with E-state index in [2.05, 4.69) is 37.1 Å². The van der Waals surface area contributed by atoms with Crippen molar-refractivity contribution in [1.82, 2.24) is 5.32 Å². The number of aliphatic hydroxyl groups excluding tert-OH is 1. The normalized spacial score (nSPS) is 28.4. The van der Waals surface area contributed by atoms with E-state index in [1.54, 1.807) is 0 Å². The van der Waals surface area contributed by atoms with Crippen molar-refractivity contribution in [2.24, 2.45) is 11.8 Å². The number of nitrogens with one attached hydrogen (secondary N) is 1. The first-order valence-corrected chi connectivity index (χ1v) is 10.0. The molecule has 0 aromatic carbocycles. The van der Waals surface area contributed by atoms with Gasteiger partial charge in [0.15, 0.2) is 0 Å². The van der Waals surface area contributed by atoms with Crippen molar-refractivity contribution in [1.29, 1.82) is 0 Å². The average Bonchev–Trinajstić information content (AvgIpc) is 2.60. The molecule has 0 saturated carbocycles. The minimum Gasteiger partial charge on any atom is -0.396 e. The number of amides is 1. The fourth-order valence-corrected chi connectivity index (χ4v) is 5.04. The molecule has 0 aliphatic heterocycles. The SMILES string of the molecule is CCNC(=O)C[C@H]1[C@@H](CO)C=C[C@@H]1[Si](C)(C)C. The van der Waals surface area contributed by atoms with E-state index in [4.69, 9.17) is 0 Å². The quantitative estimate of drug-likeness (QED) is 0.583. The van der Waals surface area contributed by atoms with Gasteiger partial charge in [-0.2, -0.15) is 0 Å². The monoisotopic (exact) mass is 255 g/mol. The summed E-state index contributed by atoms with van der Waals surface area (Å²) in [6, 6.07) is 0. The molecular formula is C13H25NO2Si. The molecule has 0 unspecified atom stereocenters. The van der Waals surface area contributed by atoms with Crippen LogP contribution in [0.1, 0.15) is 13.3 Å². The van der Waals surface area contributed by atoms with Crippen LogP contribution in [0.5, 0.6) is 0 Å². The maximum absolute atomic E-state index is 11.7. The highest BCUT2D eigenvalue weighted by molar-refractivity contribution is 6.78. The molecule has 4 heteroatoms. The number of carbonyl (C=O) groups is 1. The lowest BCUT2D eigenvalue weighted by Crippen LogP contribution is -2.36. The Morgan fingerprint density at radius 1 is 1.35 bits per heavy atom. The lowest BCUT2D eigenvalue weighted by molar-refractivity contribution is -0.122. The van der Waals surface area contributed by atoms with E-state index in [-0.39, 0.29) is 18.4 Å². The Labute approximate surface area is 105 Å².